The molecule has 1 aliphatic rings. The average molecular weight is 500 g/mol. The van der Waals surface area contributed by atoms with Gasteiger partial charge >= 0.3 is 12.1 Å². The van der Waals surface area contributed by atoms with Crippen LogP contribution in [0, 0.1) is 0 Å². The Bertz CT molecular complexity index is 1440. The van der Waals surface area contributed by atoms with Crippen LogP contribution in [-0.4, -0.2) is 45.9 Å². The maximum absolute atomic E-state index is 14.0. The van der Waals surface area contributed by atoms with Crippen molar-refractivity contribution in [2.24, 2.45) is 0 Å². The van der Waals surface area contributed by atoms with Gasteiger partial charge in [-0.15, -0.1) is 0 Å². The fourth-order valence-corrected chi connectivity index (χ4v) is 4.67. The number of aromatic carboxylic acids is 1. The van der Waals surface area contributed by atoms with Crippen LogP contribution in [0.3, 0.4) is 0 Å². The van der Waals surface area contributed by atoms with Crippen molar-refractivity contribution in [3.8, 4) is 28.6 Å². The molecule has 188 valence electrons. The van der Waals surface area contributed by atoms with Crippen molar-refractivity contribution in [2.75, 3.05) is 18.6 Å². The van der Waals surface area contributed by atoms with E-state index in [1.807, 2.05) is 6.92 Å². The quantitative estimate of drug-likeness (QED) is 0.347. The Morgan fingerprint density at radius 3 is 2.72 bits per heavy atom. The topological polar surface area (TPSA) is 104 Å². The summed E-state index contributed by atoms with van der Waals surface area (Å²) < 4.78 is 52.9. The summed E-state index contributed by atoms with van der Waals surface area (Å²) in [4.78, 5) is 20.2. The molecule has 4 aromatic rings. The number of methoxy groups -OCH3 is 1. The SMILES string of the molecule is COc1cc2[nH]c(C(=O)O)cc2cc1-c1noc(-c2ccc(N3CCCCC3C)c(C(F)(F)F)c2)n1. The molecule has 0 saturated carbocycles. The summed E-state index contributed by atoms with van der Waals surface area (Å²) in [5.74, 6) is -0.740. The van der Waals surface area contributed by atoms with Gasteiger partial charge in [0, 0.05) is 40.8 Å². The second-order valence-corrected chi connectivity index (χ2v) is 8.82. The summed E-state index contributed by atoms with van der Waals surface area (Å²) in [5.41, 5.74) is 0.484. The molecule has 0 aliphatic carbocycles. The number of hydrogen-bond donors (Lipinski definition) is 2. The molecule has 0 amide bonds. The van der Waals surface area contributed by atoms with Crippen molar-refractivity contribution >= 4 is 22.6 Å². The molecule has 2 aromatic heterocycles. The van der Waals surface area contributed by atoms with Gasteiger partial charge in [-0.25, -0.2) is 4.79 Å². The van der Waals surface area contributed by atoms with Crippen molar-refractivity contribution in [3.63, 3.8) is 0 Å². The van der Waals surface area contributed by atoms with Crippen LogP contribution in [0.25, 0.3) is 33.7 Å². The van der Waals surface area contributed by atoms with Crippen LogP contribution >= 0.6 is 0 Å². The van der Waals surface area contributed by atoms with Crippen molar-refractivity contribution in [1.29, 1.82) is 0 Å². The molecule has 1 aliphatic heterocycles. The maximum atomic E-state index is 14.0. The Kier molecular flexibility index (Phi) is 5.85. The number of carbonyl (C=O) groups is 1. The van der Waals surface area contributed by atoms with Crippen LogP contribution < -0.4 is 9.64 Å². The minimum absolute atomic E-state index is 0.000739. The van der Waals surface area contributed by atoms with Crippen LogP contribution in [0.1, 0.15) is 42.2 Å². The number of alkyl halides is 3. The van der Waals surface area contributed by atoms with Crippen LogP contribution in [-0.2, 0) is 6.18 Å². The monoisotopic (exact) mass is 500 g/mol. The minimum atomic E-state index is -4.56. The van der Waals surface area contributed by atoms with Gasteiger partial charge in [-0.3, -0.25) is 0 Å². The molecule has 2 N–H and O–H groups in total. The number of carboxylic acids is 1. The zero-order valence-corrected chi connectivity index (χ0v) is 19.5. The molecule has 3 heterocycles. The standard InChI is InChI=1S/C25H23F3N4O4/c1-13-5-3-4-8-32(13)20-7-6-14(10-17(20)25(26,27)28)23-30-22(31-36-23)16-9-15-11-19(24(33)34)29-18(15)12-21(16)35-2/h6-7,9-13,29H,3-5,8H2,1-2H3,(H,33,34). The first-order valence-corrected chi connectivity index (χ1v) is 11.4. The van der Waals surface area contributed by atoms with Gasteiger partial charge in [-0.05, 0) is 56.5 Å². The van der Waals surface area contributed by atoms with Gasteiger partial charge in [0.15, 0.2) is 0 Å². The van der Waals surface area contributed by atoms with E-state index in [4.69, 9.17) is 9.26 Å². The molecular weight excluding hydrogens is 477 g/mol. The summed E-state index contributed by atoms with van der Waals surface area (Å²) in [6.07, 6.45) is -1.88. The Hall–Kier alpha value is -4.02. The largest absolute Gasteiger partial charge is 0.496 e. The predicted molar refractivity (Wildman–Crippen MR) is 126 cm³/mol. The number of H-pyrrole nitrogens is 1. The second kappa shape index (κ2) is 8.89. The van der Waals surface area contributed by atoms with Crippen LogP contribution in [0.4, 0.5) is 18.9 Å². The zero-order chi connectivity index (χ0) is 25.6. The summed E-state index contributed by atoms with van der Waals surface area (Å²) >= 11 is 0. The molecule has 0 spiro atoms. The van der Waals surface area contributed by atoms with Gasteiger partial charge in [-0.1, -0.05) is 5.16 Å². The van der Waals surface area contributed by atoms with Gasteiger partial charge < -0.3 is 24.3 Å². The fraction of sp³-hybridized carbons (Fsp3) is 0.320. The number of carboxylic acid groups (broad SMARTS) is 1. The van der Waals surface area contributed by atoms with Crippen LogP contribution in [0.5, 0.6) is 5.75 Å². The fourth-order valence-electron chi connectivity index (χ4n) is 4.67. The van der Waals surface area contributed by atoms with E-state index in [1.165, 1.54) is 19.2 Å². The molecular formula is C25H23F3N4O4. The van der Waals surface area contributed by atoms with Gasteiger partial charge in [0.2, 0.25) is 5.82 Å². The number of anilines is 1. The number of aromatic amines is 1. The molecule has 1 saturated heterocycles. The lowest BCUT2D eigenvalue weighted by Gasteiger charge is -2.37. The number of hydrogen-bond acceptors (Lipinski definition) is 6. The van der Waals surface area contributed by atoms with E-state index in [1.54, 1.807) is 23.1 Å². The lowest BCUT2D eigenvalue weighted by atomic mass is 9.99. The van der Waals surface area contributed by atoms with Gasteiger partial charge in [0.25, 0.3) is 5.89 Å². The molecule has 36 heavy (non-hydrogen) atoms. The predicted octanol–water partition coefficient (Wildman–Crippen LogP) is 5.99. The summed E-state index contributed by atoms with van der Waals surface area (Å²) in [6.45, 7) is 2.50. The summed E-state index contributed by atoms with van der Waals surface area (Å²) in [7, 11) is 1.43. The number of ether oxygens (including phenoxy) is 1. The second-order valence-electron chi connectivity index (χ2n) is 8.82. The number of fused-ring (bicyclic) bond motifs is 1. The van der Waals surface area contributed by atoms with E-state index >= 15 is 0 Å². The normalized spacial score (nSPS) is 16.5. The molecule has 2 aromatic carbocycles. The van der Waals surface area contributed by atoms with Crippen molar-refractivity contribution in [3.05, 3.63) is 47.7 Å². The Balaban J connectivity index is 1.54. The Labute approximate surface area is 203 Å². The van der Waals surface area contributed by atoms with Crippen LogP contribution in [0.2, 0.25) is 0 Å². The molecule has 0 bridgehead atoms. The molecule has 1 atom stereocenters. The number of benzene rings is 2. The number of nitrogens with zero attached hydrogens (tertiary/aromatic N) is 3. The molecule has 11 heteroatoms. The summed E-state index contributed by atoms with van der Waals surface area (Å²) in [5, 5.41) is 13.8. The molecule has 5 rings (SSSR count). The summed E-state index contributed by atoms with van der Waals surface area (Å²) in [6, 6.07) is 8.76. The van der Waals surface area contributed by atoms with E-state index < -0.39 is 17.7 Å². The van der Waals surface area contributed by atoms with Crippen molar-refractivity contribution in [1.82, 2.24) is 15.1 Å². The third-order valence-corrected chi connectivity index (χ3v) is 6.50. The van der Waals surface area contributed by atoms with E-state index in [-0.39, 0.29) is 34.7 Å². The van der Waals surface area contributed by atoms with Gasteiger partial charge in [-0.2, -0.15) is 18.2 Å². The third-order valence-electron chi connectivity index (χ3n) is 6.50. The molecule has 8 nitrogen and oxygen atoms in total. The highest BCUT2D eigenvalue weighted by molar-refractivity contribution is 5.96. The van der Waals surface area contributed by atoms with Gasteiger partial charge in [0.05, 0.1) is 18.2 Å². The van der Waals surface area contributed by atoms with E-state index in [2.05, 4.69) is 15.1 Å². The molecule has 1 fully saturated rings. The van der Waals surface area contributed by atoms with Crippen molar-refractivity contribution in [2.45, 2.75) is 38.4 Å². The average Bonchev–Trinajstić information content (AvgIpc) is 3.50. The number of halogens is 3. The molecule has 1 unspecified atom stereocenters. The zero-order valence-electron chi connectivity index (χ0n) is 19.5. The van der Waals surface area contributed by atoms with Crippen molar-refractivity contribution < 1.29 is 32.3 Å². The first kappa shape index (κ1) is 23.7. The number of rotatable bonds is 5. The maximum Gasteiger partial charge on any atom is 0.418 e. The Morgan fingerprint density at radius 2 is 2.03 bits per heavy atom. The first-order valence-electron chi connectivity index (χ1n) is 11.4. The number of piperidine rings is 1. The lowest BCUT2D eigenvalue weighted by Crippen LogP contribution is -2.38. The van der Waals surface area contributed by atoms with Crippen LogP contribution in [0.15, 0.2) is 40.9 Å². The highest BCUT2D eigenvalue weighted by Gasteiger charge is 2.37. The van der Waals surface area contributed by atoms with E-state index in [0.29, 0.717) is 28.8 Å². The van der Waals surface area contributed by atoms with Gasteiger partial charge in [0.1, 0.15) is 11.4 Å². The lowest BCUT2D eigenvalue weighted by molar-refractivity contribution is -0.137. The van der Waals surface area contributed by atoms with E-state index in [9.17, 15) is 23.1 Å². The Morgan fingerprint density at radius 1 is 1.22 bits per heavy atom. The highest BCUT2D eigenvalue weighted by atomic mass is 19.4. The molecule has 0 radical (unpaired) electrons. The number of nitrogens with one attached hydrogen (secondary N) is 1. The minimum Gasteiger partial charge on any atom is -0.496 e. The third kappa shape index (κ3) is 4.25. The van der Waals surface area contributed by atoms with E-state index in [0.717, 1.165) is 25.3 Å². The smallest absolute Gasteiger partial charge is 0.418 e. The number of aromatic nitrogens is 3. The first-order chi connectivity index (χ1) is 17.2. The highest BCUT2D eigenvalue weighted by Crippen LogP contribution is 2.41.